The van der Waals surface area contributed by atoms with Gasteiger partial charge >= 0.3 is 0 Å². The standard InChI is InChI=1S/C19H24FN3O2/c20-14-12-15-18(21-23-10-11-25-17(13-14)19(15)23)16(24)6-2-5-9-22-7-3-1-4-8-22/h12-13H,1-11H2. The van der Waals surface area contributed by atoms with Gasteiger partial charge in [0.25, 0.3) is 0 Å². The minimum atomic E-state index is -0.386. The Balaban J connectivity index is 1.42. The van der Waals surface area contributed by atoms with Crippen LogP contribution in [0.1, 0.15) is 49.0 Å². The Hall–Kier alpha value is -1.95. The molecule has 0 atom stereocenters. The number of hydrogen-bond donors (Lipinski definition) is 0. The third kappa shape index (κ3) is 3.40. The van der Waals surface area contributed by atoms with E-state index in [1.165, 1.54) is 44.5 Å². The van der Waals surface area contributed by atoms with E-state index in [1.807, 2.05) is 0 Å². The number of piperidine rings is 1. The van der Waals surface area contributed by atoms with Crippen LogP contribution in [0.4, 0.5) is 4.39 Å². The number of rotatable bonds is 6. The number of nitrogens with zero attached hydrogens (tertiary/aromatic N) is 3. The molecule has 3 heterocycles. The fourth-order valence-electron chi connectivity index (χ4n) is 3.89. The molecule has 25 heavy (non-hydrogen) atoms. The summed E-state index contributed by atoms with van der Waals surface area (Å²) in [5.74, 6) is 0.0989. The molecule has 134 valence electrons. The Kier molecular flexibility index (Phi) is 4.70. The zero-order valence-corrected chi connectivity index (χ0v) is 14.5. The first-order valence-electron chi connectivity index (χ1n) is 9.31. The first-order chi connectivity index (χ1) is 12.2. The lowest BCUT2D eigenvalue weighted by Gasteiger charge is -2.26. The minimum absolute atomic E-state index is 0.000782. The number of aromatic nitrogens is 2. The second-order valence-electron chi connectivity index (χ2n) is 7.00. The molecule has 0 N–H and O–H groups in total. The number of carbonyl (C=O) groups is 1. The van der Waals surface area contributed by atoms with Crippen molar-refractivity contribution in [1.82, 2.24) is 14.7 Å². The number of Topliss-reactive ketones (excluding diaryl/α,β-unsaturated/α-hetero) is 1. The molecule has 0 amide bonds. The van der Waals surface area contributed by atoms with Gasteiger partial charge in [-0.25, -0.2) is 4.39 Å². The van der Waals surface area contributed by atoms with E-state index < -0.39 is 0 Å². The van der Waals surface area contributed by atoms with Crippen LogP contribution >= 0.6 is 0 Å². The van der Waals surface area contributed by atoms with Gasteiger partial charge in [0.15, 0.2) is 5.78 Å². The van der Waals surface area contributed by atoms with Crippen molar-refractivity contribution in [2.75, 3.05) is 26.2 Å². The Labute approximate surface area is 146 Å². The van der Waals surface area contributed by atoms with Crippen LogP contribution in [0, 0.1) is 5.82 Å². The zero-order chi connectivity index (χ0) is 17.2. The summed E-state index contributed by atoms with van der Waals surface area (Å²) in [4.78, 5) is 15.1. The van der Waals surface area contributed by atoms with Crippen LogP contribution in [0.3, 0.4) is 0 Å². The molecule has 1 fully saturated rings. The normalized spacial score (nSPS) is 17.6. The molecule has 1 saturated heterocycles. The number of ketones is 1. The predicted octanol–water partition coefficient (Wildman–Crippen LogP) is 3.41. The van der Waals surface area contributed by atoms with Crippen molar-refractivity contribution in [1.29, 1.82) is 0 Å². The highest BCUT2D eigenvalue weighted by Gasteiger charge is 2.23. The van der Waals surface area contributed by atoms with E-state index >= 15 is 0 Å². The van der Waals surface area contributed by atoms with E-state index in [4.69, 9.17) is 4.74 Å². The number of hydrogen-bond acceptors (Lipinski definition) is 4. The first kappa shape index (κ1) is 16.5. The van der Waals surface area contributed by atoms with Gasteiger partial charge in [0.2, 0.25) is 0 Å². The van der Waals surface area contributed by atoms with Crippen LogP contribution in [0.25, 0.3) is 10.9 Å². The molecule has 1 aromatic carbocycles. The van der Waals surface area contributed by atoms with Gasteiger partial charge in [-0.3, -0.25) is 9.48 Å². The quantitative estimate of drug-likeness (QED) is 0.595. The molecule has 5 nitrogen and oxygen atoms in total. The van der Waals surface area contributed by atoms with Crippen molar-refractivity contribution in [3.05, 3.63) is 23.6 Å². The first-order valence-corrected chi connectivity index (χ1v) is 9.31. The lowest BCUT2D eigenvalue weighted by atomic mass is 10.1. The molecule has 2 aliphatic heterocycles. The lowest BCUT2D eigenvalue weighted by Crippen LogP contribution is -2.30. The Morgan fingerprint density at radius 1 is 1.16 bits per heavy atom. The molecule has 4 rings (SSSR count). The minimum Gasteiger partial charge on any atom is -0.489 e. The van der Waals surface area contributed by atoms with Crippen LogP contribution in [0.5, 0.6) is 5.75 Å². The van der Waals surface area contributed by atoms with Crippen molar-refractivity contribution >= 4 is 16.7 Å². The fraction of sp³-hybridized carbons (Fsp3) is 0.579. The second-order valence-corrected chi connectivity index (χ2v) is 7.00. The summed E-state index contributed by atoms with van der Waals surface area (Å²) < 4.78 is 21.1. The van der Waals surface area contributed by atoms with Crippen molar-refractivity contribution in [3.63, 3.8) is 0 Å². The largest absolute Gasteiger partial charge is 0.489 e. The highest BCUT2D eigenvalue weighted by molar-refractivity contribution is 6.07. The SMILES string of the molecule is O=C(CCCCN1CCCCC1)c1nn2c3c(cc(F)cc13)OCC2. The fourth-order valence-corrected chi connectivity index (χ4v) is 3.89. The predicted molar refractivity (Wildman–Crippen MR) is 93.7 cm³/mol. The third-order valence-corrected chi connectivity index (χ3v) is 5.18. The smallest absolute Gasteiger partial charge is 0.183 e. The van der Waals surface area contributed by atoms with E-state index in [0.29, 0.717) is 36.4 Å². The summed E-state index contributed by atoms with van der Waals surface area (Å²) in [7, 11) is 0. The number of ether oxygens (including phenoxy) is 1. The lowest BCUT2D eigenvalue weighted by molar-refractivity contribution is 0.0973. The van der Waals surface area contributed by atoms with Crippen LogP contribution < -0.4 is 4.74 Å². The topological polar surface area (TPSA) is 47.4 Å². The molecule has 2 aliphatic rings. The Bertz CT molecular complexity index is 781. The Morgan fingerprint density at radius 2 is 2.00 bits per heavy atom. The van der Waals surface area contributed by atoms with Crippen molar-refractivity contribution in [2.45, 2.75) is 45.1 Å². The van der Waals surface area contributed by atoms with Crippen LogP contribution in [0.15, 0.2) is 12.1 Å². The zero-order valence-electron chi connectivity index (χ0n) is 14.5. The molecule has 0 aliphatic carbocycles. The van der Waals surface area contributed by atoms with Gasteiger partial charge in [-0.1, -0.05) is 6.42 Å². The number of benzene rings is 1. The molecule has 0 unspecified atom stereocenters. The monoisotopic (exact) mass is 345 g/mol. The van der Waals surface area contributed by atoms with Crippen molar-refractivity contribution in [2.24, 2.45) is 0 Å². The van der Waals surface area contributed by atoms with Crippen LogP contribution in [-0.4, -0.2) is 46.7 Å². The maximum atomic E-state index is 13.8. The molecule has 0 radical (unpaired) electrons. The van der Waals surface area contributed by atoms with Gasteiger partial charge in [0, 0.05) is 17.9 Å². The molecule has 2 aromatic rings. The summed E-state index contributed by atoms with van der Waals surface area (Å²) in [5, 5.41) is 5.02. The van der Waals surface area contributed by atoms with Gasteiger partial charge in [-0.2, -0.15) is 5.10 Å². The third-order valence-electron chi connectivity index (χ3n) is 5.18. The molecule has 1 aromatic heterocycles. The average Bonchev–Trinajstić information content (AvgIpc) is 2.99. The molecule has 0 bridgehead atoms. The molecular weight excluding hydrogens is 321 g/mol. The van der Waals surface area contributed by atoms with Gasteiger partial charge in [-0.15, -0.1) is 0 Å². The summed E-state index contributed by atoms with van der Waals surface area (Å²) in [5.41, 5.74) is 1.13. The number of unbranched alkanes of at least 4 members (excludes halogenated alkanes) is 1. The number of likely N-dealkylation sites (tertiary alicyclic amines) is 1. The summed E-state index contributed by atoms with van der Waals surface area (Å²) in [6.07, 6.45) is 6.26. The van der Waals surface area contributed by atoms with Gasteiger partial charge in [-0.05, 0) is 51.4 Å². The van der Waals surface area contributed by atoms with E-state index in [9.17, 15) is 9.18 Å². The number of halogens is 1. The molecule has 6 heteroatoms. The van der Waals surface area contributed by atoms with Gasteiger partial charge in [0.05, 0.1) is 6.54 Å². The van der Waals surface area contributed by atoms with E-state index in [0.717, 1.165) is 24.9 Å². The number of carbonyl (C=O) groups excluding carboxylic acids is 1. The van der Waals surface area contributed by atoms with E-state index in [2.05, 4.69) is 10.00 Å². The Morgan fingerprint density at radius 3 is 2.84 bits per heavy atom. The average molecular weight is 345 g/mol. The highest BCUT2D eigenvalue weighted by atomic mass is 19.1. The van der Waals surface area contributed by atoms with Crippen molar-refractivity contribution < 1.29 is 13.9 Å². The second kappa shape index (κ2) is 7.12. The summed E-state index contributed by atoms with van der Waals surface area (Å²) >= 11 is 0. The van der Waals surface area contributed by atoms with Crippen LogP contribution in [0.2, 0.25) is 0 Å². The summed E-state index contributed by atoms with van der Waals surface area (Å²) in [6.45, 7) is 4.49. The van der Waals surface area contributed by atoms with Crippen LogP contribution in [-0.2, 0) is 6.54 Å². The molecular formula is C19H24FN3O2. The maximum absolute atomic E-state index is 13.8. The van der Waals surface area contributed by atoms with Crippen molar-refractivity contribution in [3.8, 4) is 5.75 Å². The van der Waals surface area contributed by atoms with Gasteiger partial charge < -0.3 is 9.64 Å². The van der Waals surface area contributed by atoms with E-state index in [1.54, 1.807) is 4.68 Å². The highest BCUT2D eigenvalue weighted by Crippen LogP contribution is 2.32. The van der Waals surface area contributed by atoms with E-state index in [-0.39, 0.29) is 11.6 Å². The molecule has 0 spiro atoms. The van der Waals surface area contributed by atoms with Gasteiger partial charge in [0.1, 0.15) is 29.4 Å². The summed E-state index contributed by atoms with van der Waals surface area (Å²) in [6, 6.07) is 2.77. The maximum Gasteiger partial charge on any atom is 0.183 e. The molecule has 0 saturated carbocycles.